The summed E-state index contributed by atoms with van der Waals surface area (Å²) in [5, 5.41) is 8.90. The molecule has 176 valence electrons. The first-order chi connectivity index (χ1) is 16.5. The van der Waals surface area contributed by atoms with Crippen LogP contribution in [0.1, 0.15) is 38.2 Å². The molecule has 2 aromatic carbocycles. The minimum Gasteiger partial charge on any atom is -0.497 e. The van der Waals surface area contributed by atoms with Gasteiger partial charge in [0.25, 0.3) is 11.8 Å². The van der Waals surface area contributed by atoms with Crippen molar-refractivity contribution in [2.75, 3.05) is 33.3 Å². The average Bonchev–Trinajstić information content (AvgIpc) is 3.31. The third kappa shape index (κ3) is 4.36. The Bertz CT molecular complexity index is 1200. The van der Waals surface area contributed by atoms with Crippen LogP contribution in [-0.4, -0.2) is 69.9 Å². The van der Waals surface area contributed by atoms with Crippen LogP contribution in [0.3, 0.4) is 0 Å². The second-order valence-corrected chi connectivity index (χ2v) is 8.67. The van der Waals surface area contributed by atoms with Crippen LogP contribution in [0.4, 0.5) is 0 Å². The number of halogens is 1. The molecule has 3 aromatic rings. The van der Waals surface area contributed by atoms with Gasteiger partial charge in [-0.3, -0.25) is 9.59 Å². The second-order valence-electron chi connectivity index (χ2n) is 8.23. The Morgan fingerprint density at radius 3 is 2.41 bits per heavy atom. The van der Waals surface area contributed by atoms with Gasteiger partial charge in [-0.2, -0.15) is 0 Å². The van der Waals surface area contributed by atoms with Gasteiger partial charge in [-0.05, 0) is 35.9 Å². The van der Waals surface area contributed by atoms with Crippen molar-refractivity contribution >= 4 is 23.4 Å². The molecule has 1 unspecified atom stereocenters. The molecule has 5 rings (SSSR count). The Kier molecular flexibility index (Phi) is 6.21. The summed E-state index contributed by atoms with van der Waals surface area (Å²) in [5.41, 5.74) is 2.54. The average molecular weight is 482 g/mol. The van der Waals surface area contributed by atoms with Gasteiger partial charge in [-0.15, -0.1) is 5.10 Å². The quantitative estimate of drug-likeness (QED) is 0.569. The number of aromatic nitrogens is 3. The number of carbonyl (C=O) groups is 2. The molecule has 1 aromatic heterocycles. The third-order valence-corrected chi connectivity index (χ3v) is 6.45. The lowest BCUT2D eigenvalue weighted by Crippen LogP contribution is -2.50. The monoisotopic (exact) mass is 481 g/mol. The van der Waals surface area contributed by atoms with Crippen LogP contribution < -0.4 is 4.74 Å². The number of fused-ring (bicyclic) bond motifs is 1. The summed E-state index contributed by atoms with van der Waals surface area (Å²) < 4.78 is 13.0. The summed E-state index contributed by atoms with van der Waals surface area (Å²) in [6.07, 6.45) is -0.177. The van der Waals surface area contributed by atoms with E-state index in [2.05, 4.69) is 10.3 Å². The highest BCUT2D eigenvalue weighted by atomic mass is 35.5. The van der Waals surface area contributed by atoms with E-state index in [0.717, 1.165) is 11.3 Å². The summed E-state index contributed by atoms with van der Waals surface area (Å²) in [6, 6.07) is 14.6. The van der Waals surface area contributed by atoms with E-state index in [-0.39, 0.29) is 24.5 Å². The Balaban J connectivity index is 1.22. The van der Waals surface area contributed by atoms with Crippen LogP contribution >= 0.6 is 11.6 Å². The van der Waals surface area contributed by atoms with Gasteiger partial charge in [-0.1, -0.05) is 35.0 Å². The predicted molar refractivity (Wildman–Crippen MR) is 124 cm³/mol. The van der Waals surface area contributed by atoms with Crippen molar-refractivity contribution in [3.8, 4) is 5.75 Å². The molecule has 0 spiro atoms. The number of benzene rings is 2. The normalized spacial score (nSPS) is 17.9. The molecule has 1 atom stereocenters. The van der Waals surface area contributed by atoms with Crippen LogP contribution in [0.5, 0.6) is 5.75 Å². The molecule has 1 saturated heterocycles. The van der Waals surface area contributed by atoms with E-state index in [4.69, 9.17) is 21.1 Å². The zero-order valence-corrected chi connectivity index (χ0v) is 19.4. The third-order valence-electron chi connectivity index (χ3n) is 6.21. The Hall–Kier alpha value is -3.43. The summed E-state index contributed by atoms with van der Waals surface area (Å²) in [4.78, 5) is 29.4. The molecule has 0 bridgehead atoms. The molecule has 2 aliphatic rings. The highest BCUT2D eigenvalue weighted by Gasteiger charge is 2.32. The SMILES string of the molecule is COc1ccc(C2Cn3nnc(C(=O)N4CCN(C(=O)c5cccc(Cl)c5)CC4)c3CO2)cc1. The predicted octanol–water partition coefficient (Wildman–Crippen LogP) is 2.81. The van der Waals surface area contributed by atoms with Crippen LogP contribution in [0.15, 0.2) is 48.5 Å². The van der Waals surface area contributed by atoms with E-state index in [1.807, 2.05) is 24.3 Å². The van der Waals surface area contributed by atoms with Crippen molar-refractivity contribution in [2.45, 2.75) is 19.3 Å². The molecule has 3 heterocycles. The number of methoxy groups -OCH3 is 1. The van der Waals surface area contributed by atoms with Crippen molar-refractivity contribution in [3.05, 3.63) is 76.1 Å². The summed E-state index contributed by atoms with van der Waals surface area (Å²) in [5.74, 6) is 0.500. The number of piperazine rings is 1. The van der Waals surface area contributed by atoms with Gasteiger partial charge in [0.15, 0.2) is 5.69 Å². The summed E-state index contributed by atoms with van der Waals surface area (Å²) in [6.45, 7) is 2.45. The van der Waals surface area contributed by atoms with Crippen molar-refractivity contribution in [1.82, 2.24) is 24.8 Å². The van der Waals surface area contributed by atoms with E-state index in [1.54, 1.807) is 45.9 Å². The van der Waals surface area contributed by atoms with Crippen molar-refractivity contribution in [2.24, 2.45) is 0 Å². The minimum absolute atomic E-state index is 0.0892. The van der Waals surface area contributed by atoms with Gasteiger partial charge in [0, 0.05) is 36.8 Å². The fraction of sp³-hybridized carbons (Fsp3) is 0.333. The largest absolute Gasteiger partial charge is 0.497 e. The molecule has 0 N–H and O–H groups in total. The van der Waals surface area contributed by atoms with E-state index in [9.17, 15) is 9.59 Å². The summed E-state index contributed by atoms with van der Waals surface area (Å²) >= 11 is 6.01. The molecular formula is C24H24ClN5O4. The molecule has 2 aliphatic heterocycles. The number of ether oxygens (including phenoxy) is 2. The van der Waals surface area contributed by atoms with E-state index in [1.165, 1.54) is 0 Å². The van der Waals surface area contributed by atoms with Crippen molar-refractivity contribution in [1.29, 1.82) is 0 Å². The maximum atomic E-state index is 13.2. The first kappa shape index (κ1) is 22.4. The fourth-order valence-electron chi connectivity index (χ4n) is 4.26. The molecule has 34 heavy (non-hydrogen) atoms. The highest BCUT2D eigenvalue weighted by molar-refractivity contribution is 6.30. The van der Waals surface area contributed by atoms with Crippen LogP contribution in [0, 0.1) is 0 Å². The lowest BCUT2D eigenvalue weighted by Gasteiger charge is -2.34. The van der Waals surface area contributed by atoms with Crippen molar-refractivity contribution in [3.63, 3.8) is 0 Å². The van der Waals surface area contributed by atoms with Gasteiger partial charge in [0.2, 0.25) is 0 Å². The minimum atomic E-state index is -0.192. The second kappa shape index (κ2) is 9.44. The Morgan fingerprint density at radius 1 is 1.03 bits per heavy atom. The van der Waals surface area contributed by atoms with Gasteiger partial charge in [0.1, 0.15) is 11.9 Å². The Labute approximate surface area is 201 Å². The topological polar surface area (TPSA) is 89.8 Å². The first-order valence-electron chi connectivity index (χ1n) is 11.1. The van der Waals surface area contributed by atoms with E-state index >= 15 is 0 Å². The highest BCUT2D eigenvalue weighted by Crippen LogP contribution is 2.28. The van der Waals surface area contributed by atoms with Crippen molar-refractivity contribution < 1.29 is 19.1 Å². The van der Waals surface area contributed by atoms with Gasteiger partial charge >= 0.3 is 0 Å². The number of carbonyl (C=O) groups excluding carboxylic acids is 2. The molecule has 2 amide bonds. The van der Waals surface area contributed by atoms with Gasteiger partial charge in [-0.25, -0.2) is 4.68 Å². The lowest BCUT2D eigenvalue weighted by atomic mass is 10.1. The molecule has 9 nitrogen and oxygen atoms in total. The van der Waals surface area contributed by atoms with Gasteiger partial charge < -0.3 is 19.3 Å². The number of hydrogen-bond acceptors (Lipinski definition) is 6. The number of hydrogen-bond donors (Lipinski definition) is 0. The van der Waals surface area contributed by atoms with Gasteiger partial charge in [0.05, 0.1) is 26.0 Å². The first-order valence-corrected chi connectivity index (χ1v) is 11.4. The lowest BCUT2D eigenvalue weighted by molar-refractivity contribution is -0.00204. The standard InChI is InChI=1S/C24H24ClN5O4/c1-33-19-7-5-16(6-8-19)21-14-30-20(15-34-21)22(26-27-30)24(32)29-11-9-28(10-12-29)23(31)17-3-2-4-18(25)13-17/h2-8,13,21H,9-12,14-15H2,1H3. The molecule has 1 fully saturated rings. The van der Waals surface area contributed by atoms with Crippen LogP contribution in [0.2, 0.25) is 5.02 Å². The number of nitrogens with zero attached hydrogens (tertiary/aromatic N) is 5. The van der Waals surface area contributed by atoms with Crippen LogP contribution in [-0.2, 0) is 17.9 Å². The molecule has 0 radical (unpaired) electrons. The zero-order chi connectivity index (χ0) is 23.7. The molecule has 0 aliphatic carbocycles. The summed E-state index contributed by atoms with van der Waals surface area (Å²) in [7, 11) is 1.63. The number of amides is 2. The fourth-order valence-corrected chi connectivity index (χ4v) is 4.45. The molecule has 0 saturated carbocycles. The Morgan fingerprint density at radius 2 is 1.74 bits per heavy atom. The van der Waals surface area contributed by atoms with E-state index in [0.29, 0.717) is 54.7 Å². The smallest absolute Gasteiger partial charge is 0.276 e. The maximum absolute atomic E-state index is 13.2. The maximum Gasteiger partial charge on any atom is 0.276 e. The zero-order valence-electron chi connectivity index (χ0n) is 18.7. The molecular weight excluding hydrogens is 458 g/mol. The van der Waals surface area contributed by atoms with Crippen LogP contribution in [0.25, 0.3) is 0 Å². The number of rotatable bonds is 4. The molecule has 10 heteroatoms. The van der Waals surface area contributed by atoms with E-state index < -0.39 is 0 Å².